The van der Waals surface area contributed by atoms with Gasteiger partial charge in [-0.15, -0.1) is 0 Å². The molecule has 1 aliphatic carbocycles. The van der Waals surface area contributed by atoms with Crippen molar-refractivity contribution in [2.45, 2.75) is 63.1 Å². The number of aromatic nitrogens is 1. The van der Waals surface area contributed by atoms with Gasteiger partial charge in [0.2, 0.25) is 0 Å². The Balaban J connectivity index is 1.46. The van der Waals surface area contributed by atoms with E-state index in [4.69, 9.17) is 11.5 Å². The summed E-state index contributed by atoms with van der Waals surface area (Å²) in [5.74, 6) is 0.121. The van der Waals surface area contributed by atoms with Gasteiger partial charge in [-0.2, -0.15) is 0 Å². The average molecular weight is 442 g/mol. The van der Waals surface area contributed by atoms with Gasteiger partial charge in [-0.1, -0.05) is 31.0 Å². The summed E-state index contributed by atoms with van der Waals surface area (Å²) >= 11 is 0. The molecule has 9 nitrogen and oxygen atoms in total. The minimum Gasteiger partial charge on any atom is -0.393 e. The summed E-state index contributed by atoms with van der Waals surface area (Å²) in [6.45, 7) is 0.281. The summed E-state index contributed by atoms with van der Waals surface area (Å²) < 4.78 is 1.28. The van der Waals surface area contributed by atoms with Crippen molar-refractivity contribution in [3.63, 3.8) is 0 Å². The Morgan fingerprint density at radius 2 is 1.91 bits per heavy atom. The normalized spacial score (nSPS) is 25.8. The minimum atomic E-state index is -0.650. The first kappa shape index (κ1) is 22.3. The van der Waals surface area contributed by atoms with Gasteiger partial charge in [0.1, 0.15) is 0 Å². The molecule has 1 saturated carbocycles. The number of hydrogen-bond acceptors (Lipinski definition) is 5. The predicted octanol–water partition coefficient (Wildman–Crippen LogP) is 2.40. The van der Waals surface area contributed by atoms with Crippen molar-refractivity contribution >= 4 is 34.4 Å². The molecule has 0 radical (unpaired) electrons. The smallest absolute Gasteiger partial charge is 0.323 e. The predicted molar refractivity (Wildman–Crippen MR) is 121 cm³/mol. The molecule has 32 heavy (non-hydrogen) atoms. The molecule has 0 unspecified atom stereocenters. The topological polar surface area (TPSA) is 144 Å². The Morgan fingerprint density at radius 3 is 2.66 bits per heavy atom. The molecule has 4 rings (SSSR count). The number of ketones is 1. The number of amides is 3. The Labute approximate surface area is 186 Å². The third-order valence-corrected chi connectivity index (χ3v) is 6.79. The van der Waals surface area contributed by atoms with Crippen LogP contribution in [-0.2, 0) is 4.79 Å². The van der Waals surface area contributed by atoms with Gasteiger partial charge in [0, 0.05) is 30.6 Å². The van der Waals surface area contributed by atoms with E-state index in [1.807, 2.05) is 0 Å². The van der Waals surface area contributed by atoms with E-state index >= 15 is 0 Å². The van der Waals surface area contributed by atoms with Crippen LogP contribution in [0.3, 0.4) is 0 Å². The van der Waals surface area contributed by atoms with Gasteiger partial charge in [0.15, 0.2) is 5.78 Å². The second-order valence-corrected chi connectivity index (χ2v) is 8.98. The highest BCUT2D eigenvalue weighted by Crippen LogP contribution is 2.30. The molecule has 6 N–H and O–H groups in total. The quantitative estimate of drug-likeness (QED) is 0.563. The summed E-state index contributed by atoms with van der Waals surface area (Å²) in [7, 11) is 0. The second-order valence-electron chi connectivity index (χ2n) is 8.98. The summed E-state index contributed by atoms with van der Waals surface area (Å²) in [5.41, 5.74) is 12.6. The van der Waals surface area contributed by atoms with Gasteiger partial charge < -0.3 is 26.8 Å². The summed E-state index contributed by atoms with van der Waals surface area (Å²) in [6, 6.07) is 5.18. The fourth-order valence-electron chi connectivity index (χ4n) is 5.07. The molecule has 1 aromatic heterocycles. The van der Waals surface area contributed by atoms with E-state index in [1.54, 1.807) is 24.3 Å². The molecule has 1 aromatic carbocycles. The summed E-state index contributed by atoms with van der Waals surface area (Å²) in [5, 5.41) is 13.7. The monoisotopic (exact) mass is 441 g/mol. The highest BCUT2D eigenvalue weighted by molar-refractivity contribution is 6.05. The number of carbonyl (C=O) groups is 3. The molecule has 2 fully saturated rings. The number of anilines is 1. The minimum absolute atomic E-state index is 0.0227. The van der Waals surface area contributed by atoms with Crippen molar-refractivity contribution in [2.75, 3.05) is 11.9 Å². The van der Waals surface area contributed by atoms with E-state index in [9.17, 15) is 19.5 Å². The van der Waals surface area contributed by atoms with Crippen LogP contribution in [0, 0.1) is 5.92 Å². The first-order chi connectivity index (χ1) is 15.3. The number of Topliss-reactive ketones (excluding diaryl/α,β-unsaturated/α-hetero) is 1. The number of carbonyl (C=O) groups excluding carboxylic acids is 3. The molecule has 172 valence electrons. The fourth-order valence-corrected chi connectivity index (χ4v) is 5.07. The Bertz CT molecular complexity index is 1020. The van der Waals surface area contributed by atoms with Crippen LogP contribution < -0.4 is 16.8 Å². The van der Waals surface area contributed by atoms with Gasteiger partial charge in [-0.3, -0.25) is 9.36 Å². The molecular weight excluding hydrogens is 410 g/mol. The molecule has 0 spiro atoms. The number of para-hydroxylation sites is 1. The highest BCUT2D eigenvalue weighted by atomic mass is 16.3. The van der Waals surface area contributed by atoms with Crippen molar-refractivity contribution < 1.29 is 19.5 Å². The number of aliphatic hydroxyl groups excluding tert-OH is 1. The highest BCUT2D eigenvalue weighted by Gasteiger charge is 2.38. The second kappa shape index (κ2) is 9.30. The molecular formula is C23H31N5O4. The Morgan fingerprint density at radius 1 is 1.16 bits per heavy atom. The lowest BCUT2D eigenvalue weighted by atomic mass is 9.82. The zero-order valence-corrected chi connectivity index (χ0v) is 18.1. The van der Waals surface area contributed by atoms with Crippen LogP contribution >= 0.6 is 0 Å². The summed E-state index contributed by atoms with van der Waals surface area (Å²) in [6.07, 6.45) is 6.36. The van der Waals surface area contributed by atoms with Crippen molar-refractivity contribution in [1.29, 1.82) is 0 Å². The number of primary amides is 1. The number of nitrogens with one attached hydrogen (secondary N) is 1. The van der Waals surface area contributed by atoms with Gasteiger partial charge in [-0.05, 0) is 37.7 Å². The van der Waals surface area contributed by atoms with Gasteiger partial charge in [0.25, 0.3) is 0 Å². The van der Waals surface area contributed by atoms with Crippen LogP contribution in [0.2, 0.25) is 0 Å². The molecule has 2 aliphatic rings. The average Bonchev–Trinajstić information content (AvgIpc) is 3.34. The van der Waals surface area contributed by atoms with Crippen molar-refractivity contribution in [3.8, 4) is 0 Å². The maximum atomic E-state index is 13.1. The third-order valence-electron chi connectivity index (χ3n) is 6.79. The van der Waals surface area contributed by atoms with E-state index in [-0.39, 0.29) is 30.4 Å². The van der Waals surface area contributed by atoms with Crippen molar-refractivity contribution in [3.05, 3.63) is 30.5 Å². The van der Waals surface area contributed by atoms with Crippen molar-refractivity contribution in [2.24, 2.45) is 17.4 Å². The lowest BCUT2D eigenvalue weighted by molar-refractivity contribution is -0.123. The maximum absolute atomic E-state index is 13.1. The van der Waals surface area contributed by atoms with E-state index in [2.05, 4.69) is 5.32 Å². The Kier molecular flexibility index (Phi) is 6.48. The number of benzene rings is 1. The van der Waals surface area contributed by atoms with E-state index in [1.165, 1.54) is 15.7 Å². The van der Waals surface area contributed by atoms with E-state index in [0.29, 0.717) is 35.9 Å². The van der Waals surface area contributed by atoms with Crippen LogP contribution in [0.1, 0.15) is 44.9 Å². The summed E-state index contributed by atoms with van der Waals surface area (Å²) in [4.78, 5) is 39.3. The number of aliphatic hydroxyl groups is 1. The van der Waals surface area contributed by atoms with Crippen molar-refractivity contribution in [1.82, 2.24) is 9.47 Å². The van der Waals surface area contributed by atoms with Crippen LogP contribution in [0.25, 0.3) is 10.9 Å². The van der Waals surface area contributed by atoms with E-state index < -0.39 is 18.1 Å². The lowest BCUT2D eigenvalue weighted by Crippen LogP contribution is -2.43. The maximum Gasteiger partial charge on any atom is 0.323 e. The molecule has 3 amide bonds. The van der Waals surface area contributed by atoms with E-state index in [0.717, 1.165) is 25.7 Å². The third kappa shape index (κ3) is 4.49. The number of nitrogens with two attached hydrogens (primary N) is 2. The number of urea groups is 1. The molecule has 1 saturated heterocycles. The number of hydrogen-bond donors (Lipinski definition) is 4. The van der Waals surface area contributed by atoms with Gasteiger partial charge >= 0.3 is 12.1 Å². The van der Waals surface area contributed by atoms with Crippen LogP contribution in [0.4, 0.5) is 15.3 Å². The molecule has 2 heterocycles. The number of nitrogens with zero attached hydrogens (tertiary/aromatic N) is 2. The van der Waals surface area contributed by atoms with Crippen LogP contribution in [-0.4, -0.2) is 57.2 Å². The van der Waals surface area contributed by atoms with Crippen LogP contribution in [0.5, 0.6) is 0 Å². The first-order valence-corrected chi connectivity index (χ1v) is 11.3. The zero-order valence-electron chi connectivity index (χ0n) is 18.1. The fraction of sp³-hybridized carbons (Fsp3) is 0.522. The van der Waals surface area contributed by atoms with Gasteiger partial charge in [0.05, 0.1) is 23.3 Å². The molecule has 9 heteroatoms. The Hall–Kier alpha value is -2.91. The molecule has 1 aliphatic heterocycles. The molecule has 0 bridgehead atoms. The number of fused-ring (bicyclic) bond motifs is 1. The standard InChI is InChI=1S/C23H31N5O4/c24-15-11-19(21(30)10-9-14-5-1-4-8-20(14)29)28(12-15)23(32)26-17-13-27(22(25)31)18-7-3-2-6-16(17)18/h2-3,6-7,13-15,19-20,29H,1,4-5,8-12,24H2,(H2,25,31)(H,26,32)/t14-,15-,19-,20-/m0/s1. The number of rotatable bonds is 5. The zero-order chi connectivity index (χ0) is 22.8. The first-order valence-electron chi connectivity index (χ1n) is 11.3. The SMILES string of the molecule is NC(=O)n1cc(NC(=O)N2C[C@@H](N)C[C@H]2C(=O)CC[C@@H]2CCCC[C@@H]2O)c2ccccc21. The molecule has 4 atom stereocenters. The largest absolute Gasteiger partial charge is 0.393 e. The van der Waals surface area contributed by atoms with Crippen LogP contribution in [0.15, 0.2) is 30.5 Å². The van der Waals surface area contributed by atoms with Gasteiger partial charge in [-0.25, -0.2) is 9.59 Å². The molecule has 2 aromatic rings. The number of likely N-dealkylation sites (tertiary alicyclic amines) is 1. The lowest BCUT2D eigenvalue weighted by Gasteiger charge is -2.28.